The van der Waals surface area contributed by atoms with Crippen molar-refractivity contribution in [2.24, 2.45) is 0 Å². The summed E-state index contributed by atoms with van der Waals surface area (Å²) >= 11 is 0. The van der Waals surface area contributed by atoms with Crippen LogP contribution < -0.4 is 10.6 Å². The molecule has 1 aliphatic heterocycles. The van der Waals surface area contributed by atoms with Gasteiger partial charge in [0.25, 0.3) is 0 Å². The second-order valence-electron chi connectivity index (χ2n) is 5.32. The first kappa shape index (κ1) is 13.1. The maximum atomic E-state index is 12.3. The molecule has 0 saturated carbocycles. The van der Waals surface area contributed by atoms with Gasteiger partial charge in [0, 0.05) is 11.1 Å². The Bertz CT molecular complexity index is 633. The normalized spacial score (nSPS) is 18.9. The lowest BCUT2D eigenvalue weighted by Crippen LogP contribution is -2.43. The van der Waals surface area contributed by atoms with Gasteiger partial charge in [0.15, 0.2) is 0 Å². The van der Waals surface area contributed by atoms with E-state index in [1.807, 2.05) is 37.3 Å². The number of para-hydroxylation sites is 1. The van der Waals surface area contributed by atoms with Gasteiger partial charge in [0.05, 0.1) is 17.2 Å². The van der Waals surface area contributed by atoms with E-state index in [0.29, 0.717) is 0 Å². The van der Waals surface area contributed by atoms with Crippen molar-refractivity contribution in [1.29, 1.82) is 0 Å². The number of rotatable bonds is 2. The second-order valence-corrected chi connectivity index (χ2v) is 5.32. The molecule has 2 heterocycles. The molecular weight excluding hydrogens is 250 g/mol. The first-order chi connectivity index (χ1) is 9.74. The van der Waals surface area contributed by atoms with Crippen LogP contribution in [0.15, 0.2) is 30.3 Å². The van der Waals surface area contributed by atoms with Gasteiger partial charge in [-0.2, -0.15) is 0 Å². The van der Waals surface area contributed by atoms with E-state index in [9.17, 15) is 4.79 Å². The third-order valence-electron chi connectivity index (χ3n) is 3.73. The number of hydrogen-bond acceptors (Lipinski definition) is 3. The minimum Gasteiger partial charge on any atom is -0.324 e. The maximum absolute atomic E-state index is 12.3. The molecule has 1 atom stereocenters. The summed E-state index contributed by atoms with van der Waals surface area (Å²) in [6.07, 6.45) is 3.18. The number of hydrogen-bond donors (Lipinski definition) is 2. The number of benzene rings is 1. The molecule has 1 aromatic heterocycles. The molecule has 1 aliphatic rings. The topological polar surface area (TPSA) is 54.0 Å². The Morgan fingerprint density at radius 2 is 2.20 bits per heavy atom. The van der Waals surface area contributed by atoms with E-state index in [4.69, 9.17) is 0 Å². The van der Waals surface area contributed by atoms with E-state index < -0.39 is 0 Å². The van der Waals surface area contributed by atoms with Crippen molar-refractivity contribution in [3.63, 3.8) is 0 Å². The summed E-state index contributed by atoms with van der Waals surface area (Å²) in [5, 5.41) is 7.32. The fraction of sp³-hybridized carbons (Fsp3) is 0.375. The van der Waals surface area contributed by atoms with Gasteiger partial charge < -0.3 is 10.6 Å². The molecule has 1 unspecified atom stereocenters. The van der Waals surface area contributed by atoms with Crippen molar-refractivity contribution in [3.8, 4) is 0 Å². The summed E-state index contributed by atoms with van der Waals surface area (Å²) in [6.45, 7) is 2.87. The highest BCUT2D eigenvalue weighted by atomic mass is 16.2. The quantitative estimate of drug-likeness (QED) is 0.881. The van der Waals surface area contributed by atoms with Crippen LogP contribution in [0.25, 0.3) is 10.9 Å². The zero-order chi connectivity index (χ0) is 13.9. The highest BCUT2D eigenvalue weighted by molar-refractivity contribution is 6.02. The molecule has 104 valence electrons. The Hall–Kier alpha value is -1.94. The third-order valence-corrected chi connectivity index (χ3v) is 3.73. The predicted octanol–water partition coefficient (Wildman–Crippen LogP) is 2.62. The van der Waals surface area contributed by atoms with Crippen molar-refractivity contribution in [2.45, 2.75) is 32.2 Å². The van der Waals surface area contributed by atoms with Crippen LogP contribution in [-0.4, -0.2) is 23.5 Å². The van der Waals surface area contributed by atoms with Gasteiger partial charge in [-0.25, -0.2) is 0 Å². The van der Waals surface area contributed by atoms with E-state index in [-0.39, 0.29) is 11.9 Å². The van der Waals surface area contributed by atoms with E-state index in [2.05, 4.69) is 15.6 Å². The van der Waals surface area contributed by atoms with Crippen LogP contribution in [0.3, 0.4) is 0 Å². The van der Waals surface area contributed by atoms with Crippen LogP contribution in [0, 0.1) is 6.92 Å². The van der Waals surface area contributed by atoms with E-state index in [1.165, 1.54) is 0 Å². The summed E-state index contributed by atoms with van der Waals surface area (Å²) in [6, 6.07) is 9.75. The van der Waals surface area contributed by atoms with Gasteiger partial charge in [-0.15, -0.1) is 0 Å². The van der Waals surface area contributed by atoms with Crippen LogP contribution in [0.2, 0.25) is 0 Å². The van der Waals surface area contributed by atoms with E-state index in [1.54, 1.807) is 0 Å². The Kier molecular flexibility index (Phi) is 3.65. The van der Waals surface area contributed by atoms with Crippen molar-refractivity contribution in [2.75, 3.05) is 11.9 Å². The minimum atomic E-state index is -0.0732. The molecule has 0 spiro atoms. The van der Waals surface area contributed by atoms with Crippen LogP contribution in [0.5, 0.6) is 0 Å². The molecule has 1 aromatic carbocycles. The molecule has 2 aromatic rings. The van der Waals surface area contributed by atoms with Gasteiger partial charge in [-0.05, 0) is 38.4 Å². The smallest absolute Gasteiger partial charge is 0.241 e. The molecule has 0 radical (unpaired) electrons. The molecule has 20 heavy (non-hydrogen) atoms. The number of fused-ring (bicyclic) bond motifs is 1. The first-order valence-electron chi connectivity index (χ1n) is 7.15. The summed E-state index contributed by atoms with van der Waals surface area (Å²) < 4.78 is 0. The van der Waals surface area contributed by atoms with Crippen LogP contribution in [0.1, 0.15) is 25.0 Å². The number of carbonyl (C=O) groups excluding carboxylic acids is 1. The fourth-order valence-corrected chi connectivity index (χ4v) is 2.71. The summed E-state index contributed by atoms with van der Waals surface area (Å²) in [5.74, 6) is 0.0560. The minimum absolute atomic E-state index is 0.0560. The monoisotopic (exact) mass is 269 g/mol. The van der Waals surface area contributed by atoms with Crippen molar-refractivity contribution in [3.05, 3.63) is 36.0 Å². The number of nitrogens with one attached hydrogen (secondary N) is 2. The van der Waals surface area contributed by atoms with Crippen LogP contribution in [-0.2, 0) is 4.79 Å². The van der Waals surface area contributed by atoms with E-state index >= 15 is 0 Å². The molecule has 4 nitrogen and oxygen atoms in total. The Balaban J connectivity index is 1.88. The number of aromatic nitrogens is 1. The number of carbonyl (C=O) groups is 1. The molecule has 0 bridgehead atoms. The number of amides is 1. The molecule has 4 heteroatoms. The average Bonchev–Trinajstić information content (AvgIpc) is 2.48. The average molecular weight is 269 g/mol. The van der Waals surface area contributed by atoms with Crippen molar-refractivity contribution >= 4 is 22.5 Å². The largest absolute Gasteiger partial charge is 0.324 e. The Morgan fingerprint density at radius 3 is 3.00 bits per heavy atom. The highest BCUT2D eigenvalue weighted by Crippen LogP contribution is 2.23. The van der Waals surface area contributed by atoms with Crippen molar-refractivity contribution in [1.82, 2.24) is 10.3 Å². The molecule has 1 amide bonds. The lowest BCUT2D eigenvalue weighted by atomic mass is 10.0. The SMILES string of the molecule is Cc1cc(NC(=O)C2CCCCN2)c2ccccc2n1. The first-order valence-corrected chi connectivity index (χ1v) is 7.15. The highest BCUT2D eigenvalue weighted by Gasteiger charge is 2.21. The summed E-state index contributed by atoms with van der Waals surface area (Å²) in [4.78, 5) is 16.8. The number of anilines is 1. The predicted molar refractivity (Wildman–Crippen MR) is 80.8 cm³/mol. The molecule has 1 fully saturated rings. The Labute approximate surface area is 118 Å². The van der Waals surface area contributed by atoms with Crippen molar-refractivity contribution < 1.29 is 4.79 Å². The number of aryl methyl sites for hydroxylation is 1. The summed E-state index contributed by atoms with van der Waals surface area (Å²) in [7, 11) is 0. The number of pyridine rings is 1. The third kappa shape index (κ3) is 2.65. The zero-order valence-corrected chi connectivity index (χ0v) is 11.6. The Morgan fingerprint density at radius 1 is 1.35 bits per heavy atom. The molecule has 2 N–H and O–H groups in total. The van der Waals surface area contributed by atoms with Crippen LogP contribution >= 0.6 is 0 Å². The van der Waals surface area contributed by atoms with Gasteiger partial charge >= 0.3 is 0 Å². The van der Waals surface area contributed by atoms with E-state index in [0.717, 1.165) is 48.1 Å². The number of nitrogens with zero attached hydrogens (tertiary/aromatic N) is 1. The van der Waals surface area contributed by atoms with Crippen LogP contribution in [0.4, 0.5) is 5.69 Å². The zero-order valence-electron chi connectivity index (χ0n) is 11.6. The molecule has 0 aliphatic carbocycles. The molecule has 3 rings (SSSR count). The molecular formula is C16H19N3O. The number of piperidine rings is 1. The fourth-order valence-electron chi connectivity index (χ4n) is 2.71. The van der Waals surface area contributed by atoms with Gasteiger partial charge in [-0.1, -0.05) is 24.6 Å². The second kappa shape index (κ2) is 5.59. The van der Waals surface area contributed by atoms with Gasteiger partial charge in [0.2, 0.25) is 5.91 Å². The lowest BCUT2D eigenvalue weighted by molar-refractivity contribution is -0.118. The summed E-state index contributed by atoms with van der Waals surface area (Å²) in [5.41, 5.74) is 2.68. The molecule has 1 saturated heterocycles. The lowest BCUT2D eigenvalue weighted by Gasteiger charge is -2.23. The van der Waals surface area contributed by atoms with Gasteiger partial charge in [0.1, 0.15) is 0 Å². The maximum Gasteiger partial charge on any atom is 0.241 e. The van der Waals surface area contributed by atoms with Gasteiger partial charge in [-0.3, -0.25) is 9.78 Å². The standard InChI is InChI=1S/C16H19N3O/c1-11-10-15(12-6-2-3-7-13(12)18-11)19-16(20)14-8-4-5-9-17-14/h2-3,6-7,10,14,17H,4-5,8-9H2,1H3,(H,18,19,20).